The van der Waals surface area contributed by atoms with Gasteiger partial charge in [0.2, 0.25) is 0 Å². The summed E-state index contributed by atoms with van der Waals surface area (Å²) in [5, 5.41) is 0. The normalized spacial score (nSPS) is 38.5. The zero-order valence-corrected chi connectivity index (χ0v) is 17.0. The highest BCUT2D eigenvalue weighted by Gasteiger charge is 2.34. The van der Waals surface area contributed by atoms with Gasteiger partial charge in [-0.2, -0.15) is 0 Å². The average Bonchev–Trinajstić information content (AvgIpc) is 2.65. The number of hydrogen-bond donors (Lipinski definition) is 0. The lowest BCUT2D eigenvalue weighted by atomic mass is 9.85. The van der Waals surface area contributed by atoms with E-state index in [1.54, 1.807) is 0 Å². The molecule has 4 rings (SSSR count). The molecule has 4 atom stereocenters. The predicted octanol–water partition coefficient (Wildman–Crippen LogP) is 4.90. The quantitative estimate of drug-likeness (QED) is 0.503. The minimum Gasteiger partial charge on any atom is -0.300 e. The molecule has 0 aromatic carbocycles. The Morgan fingerprint density at radius 1 is 0.542 bits per heavy atom. The Labute approximate surface area is 157 Å². The van der Waals surface area contributed by atoms with Crippen molar-refractivity contribution in [2.45, 2.75) is 76.3 Å². The molecular formula is C20H36N2S2. The van der Waals surface area contributed by atoms with Gasteiger partial charge in [-0.15, -0.1) is 0 Å². The fourth-order valence-corrected chi connectivity index (χ4v) is 8.76. The molecule has 0 aromatic heterocycles. The summed E-state index contributed by atoms with van der Waals surface area (Å²) in [5.41, 5.74) is 0. The summed E-state index contributed by atoms with van der Waals surface area (Å²) in [6.45, 7) is 5.55. The van der Waals surface area contributed by atoms with Crippen LogP contribution in [0.1, 0.15) is 64.2 Å². The molecule has 2 nitrogen and oxygen atoms in total. The summed E-state index contributed by atoms with van der Waals surface area (Å²) in [6.07, 6.45) is 14.7. The SMILES string of the molecule is C1CCN2CCC[C@@H](CSSC[C@@H]3CCCN4CCCC[C@H]34)[C@H]2C1. The lowest BCUT2D eigenvalue weighted by molar-refractivity contribution is 0.0691. The zero-order valence-electron chi connectivity index (χ0n) is 15.3. The largest absolute Gasteiger partial charge is 0.300 e. The number of piperidine rings is 4. The van der Waals surface area contributed by atoms with Crippen LogP contribution in [0, 0.1) is 11.8 Å². The van der Waals surface area contributed by atoms with E-state index in [9.17, 15) is 0 Å². The van der Waals surface area contributed by atoms with Crippen molar-refractivity contribution in [3.63, 3.8) is 0 Å². The van der Waals surface area contributed by atoms with Gasteiger partial charge >= 0.3 is 0 Å². The predicted molar refractivity (Wildman–Crippen MR) is 109 cm³/mol. The van der Waals surface area contributed by atoms with Crippen LogP contribution < -0.4 is 0 Å². The first-order valence-electron chi connectivity index (χ1n) is 10.6. The van der Waals surface area contributed by atoms with E-state index >= 15 is 0 Å². The van der Waals surface area contributed by atoms with Crippen molar-refractivity contribution >= 4 is 21.6 Å². The topological polar surface area (TPSA) is 6.48 Å². The van der Waals surface area contributed by atoms with Crippen molar-refractivity contribution in [1.29, 1.82) is 0 Å². The van der Waals surface area contributed by atoms with Crippen molar-refractivity contribution in [3.05, 3.63) is 0 Å². The Balaban J connectivity index is 1.20. The molecule has 0 amide bonds. The second kappa shape index (κ2) is 9.01. The summed E-state index contributed by atoms with van der Waals surface area (Å²) in [7, 11) is 4.44. The molecule has 4 aliphatic heterocycles. The lowest BCUT2D eigenvalue weighted by Gasteiger charge is -2.45. The molecule has 0 spiro atoms. The van der Waals surface area contributed by atoms with Gasteiger partial charge in [-0.05, 0) is 89.4 Å². The van der Waals surface area contributed by atoms with Crippen molar-refractivity contribution in [2.75, 3.05) is 37.7 Å². The van der Waals surface area contributed by atoms with Gasteiger partial charge in [-0.25, -0.2) is 0 Å². The Morgan fingerprint density at radius 2 is 1.00 bits per heavy atom. The fraction of sp³-hybridized carbons (Fsp3) is 1.00. The van der Waals surface area contributed by atoms with E-state index in [0.29, 0.717) is 0 Å². The molecule has 0 N–H and O–H groups in total. The van der Waals surface area contributed by atoms with Gasteiger partial charge in [0.25, 0.3) is 0 Å². The van der Waals surface area contributed by atoms with E-state index in [-0.39, 0.29) is 0 Å². The van der Waals surface area contributed by atoms with Crippen LogP contribution in [0.2, 0.25) is 0 Å². The van der Waals surface area contributed by atoms with Crippen LogP contribution in [0.5, 0.6) is 0 Å². The van der Waals surface area contributed by atoms with Crippen molar-refractivity contribution in [2.24, 2.45) is 11.8 Å². The molecule has 0 radical (unpaired) electrons. The number of nitrogens with zero attached hydrogens (tertiary/aromatic N) is 2. The second-order valence-electron chi connectivity index (χ2n) is 8.57. The lowest BCUT2D eigenvalue weighted by Crippen LogP contribution is -2.48. The molecule has 0 unspecified atom stereocenters. The van der Waals surface area contributed by atoms with Crippen LogP contribution in [0.25, 0.3) is 0 Å². The molecule has 4 heteroatoms. The zero-order chi connectivity index (χ0) is 16.2. The second-order valence-corrected chi connectivity index (χ2v) is 11.1. The van der Waals surface area contributed by atoms with E-state index in [1.165, 1.54) is 102 Å². The van der Waals surface area contributed by atoms with Crippen molar-refractivity contribution < 1.29 is 0 Å². The van der Waals surface area contributed by atoms with Gasteiger partial charge in [-0.1, -0.05) is 34.4 Å². The van der Waals surface area contributed by atoms with Crippen LogP contribution >= 0.6 is 21.6 Å². The van der Waals surface area contributed by atoms with Gasteiger partial charge in [0.1, 0.15) is 0 Å². The van der Waals surface area contributed by atoms with Crippen molar-refractivity contribution in [1.82, 2.24) is 9.80 Å². The Hall–Kier alpha value is 0.620. The summed E-state index contributed by atoms with van der Waals surface area (Å²) < 4.78 is 0. The standard InChI is InChI=1S/C20H36N2S2/c1-3-11-21-13-5-7-17(19(21)9-1)15-23-24-16-18-8-6-14-22-12-4-2-10-20(18)22/h17-20H,1-16H2/t17-,18-,19+,20+/m0/s1. The monoisotopic (exact) mass is 368 g/mol. The Morgan fingerprint density at radius 3 is 1.50 bits per heavy atom. The maximum Gasteiger partial charge on any atom is 0.0132 e. The first-order valence-corrected chi connectivity index (χ1v) is 13.1. The van der Waals surface area contributed by atoms with Crippen LogP contribution in [-0.4, -0.2) is 59.6 Å². The van der Waals surface area contributed by atoms with Crippen molar-refractivity contribution in [3.8, 4) is 0 Å². The number of rotatable bonds is 5. The summed E-state index contributed by atoms with van der Waals surface area (Å²) in [6, 6.07) is 1.87. The molecule has 0 saturated carbocycles. The van der Waals surface area contributed by atoms with Crippen LogP contribution in [0.15, 0.2) is 0 Å². The van der Waals surface area contributed by atoms with Crippen LogP contribution in [-0.2, 0) is 0 Å². The maximum absolute atomic E-state index is 2.82. The fourth-order valence-electron chi connectivity index (χ4n) is 5.81. The molecule has 4 heterocycles. The van der Waals surface area contributed by atoms with E-state index in [2.05, 4.69) is 31.4 Å². The minimum atomic E-state index is 0.934. The summed E-state index contributed by atoms with van der Waals surface area (Å²) in [5.74, 6) is 4.78. The Kier molecular flexibility index (Phi) is 6.76. The van der Waals surface area contributed by atoms with Gasteiger partial charge in [0.05, 0.1) is 0 Å². The molecule has 24 heavy (non-hydrogen) atoms. The maximum atomic E-state index is 2.82. The van der Waals surface area contributed by atoms with Crippen LogP contribution in [0.3, 0.4) is 0 Å². The van der Waals surface area contributed by atoms with E-state index in [0.717, 1.165) is 23.9 Å². The van der Waals surface area contributed by atoms with Gasteiger partial charge in [0.15, 0.2) is 0 Å². The molecule has 4 fully saturated rings. The minimum absolute atomic E-state index is 0.934. The molecule has 4 saturated heterocycles. The molecule has 0 bridgehead atoms. The van der Waals surface area contributed by atoms with Crippen LogP contribution in [0.4, 0.5) is 0 Å². The first-order chi connectivity index (χ1) is 11.9. The third-order valence-corrected chi connectivity index (χ3v) is 9.72. The smallest absolute Gasteiger partial charge is 0.0132 e. The average molecular weight is 369 g/mol. The molecule has 4 aliphatic rings. The molecule has 0 aliphatic carbocycles. The third-order valence-electron chi connectivity index (χ3n) is 7.10. The highest BCUT2D eigenvalue weighted by Crippen LogP contribution is 2.39. The number of hydrogen-bond acceptors (Lipinski definition) is 4. The number of fused-ring (bicyclic) bond motifs is 2. The van der Waals surface area contributed by atoms with Gasteiger partial charge in [-0.3, -0.25) is 0 Å². The highest BCUT2D eigenvalue weighted by molar-refractivity contribution is 8.76. The summed E-state index contributed by atoms with van der Waals surface area (Å²) in [4.78, 5) is 5.65. The first kappa shape index (κ1) is 18.0. The summed E-state index contributed by atoms with van der Waals surface area (Å²) >= 11 is 0. The Bertz CT molecular complexity index is 352. The van der Waals surface area contributed by atoms with Gasteiger partial charge < -0.3 is 9.80 Å². The van der Waals surface area contributed by atoms with E-state index in [1.807, 2.05) is 0 Å². The molecule has 138 valence electrons. The van der Waals surface area contributed by atoms with E-state index in [4.69, 9.17) is 0 Å². The molecular weight excluding hydrogens is 332 g/mol. The van der Waals surface area contributed by atoms with Gasteiger partial charge in [0, 0.05) is 23.6 Å². The molecule has 0 aromatic rings. The highest BCUT2D eigenvalue weighted by atomic mass is 33.1. The third kappa shape index (κ3) is 4.29. The van der Waals surface area contributed by atoms with E-state index < -0.39 is 0 Å².